The number of hydrogen-bond acceptors (Lipinski definition) is 4. The fourth-order valence-corrected chi connectivity index (χ4v) is 3.98. The van der Waals surface area contributed by atoms with Crippen LogP contribution in [0.2, 0.25) is 5.02 Å². The van der Waals surface area contributed by atoms with Gasteiger partial charge in [0.05, 0.1) is 17.2 Å². The van der Waals surface area contributed by atoms with Crippen molar-refractivity contribution in [3.05, 3.63) is 53.6 Å². The first-order valence-electron chi connectivity index (χ1n) is 8.67. The Morgan fingerprint density at radius 1 is 1.11 bits per heavy atom. The Bertz CT molecular complexity index is 870. The van der Waals surface area contributed by atoms with E-state index in [1.165, 1.54) is 24.3 Å². The van der Waals surface area contributed by atoms with Gasteiger partial charge in [0.2, 0.25) is 5.91 Å². The lowest BCUT2D eigenvalue weighted by molar-refractivity contribution is -0.119. The van der Waals surface area contributed by atoms with Gasteiger partial charge in [-0.1, -0.05) is 30.7 Å². The molecule has 2 rings (SSSR count). The molecule has 0 saturated heterocycles. The van der Waals surface area contributed by atoms with E-state index < -0.39 is 10.0 Å². The topological polar surface area (TPSA) is 75.7 Å². The SMILES string of the molecule is CCCNC(=O)CN(c1ccccc1OCC)S(=O)(=O)c1ccc(Cl)cc1. The first-order chi connectivity index (χ1) is 12.9. The van der Waals surface area contributed by atoms with Crippen molar-refractivity contribution in [2.24, 2.45) is 0 Å². The lowest BCUT2D eigenvalue weighted by Crippen LogP contribution is -2.41. The number of anilines is 1. The Morgan fingerprint density at radius 2 is 1.78 bits per heavy atom. The number of nitrogens with zero attached hydrogens (tertiary/aromatic N) is 1. The minimum absolute atomic E-state index is 0.0430. The predicted octanol–water partition coefficient (Wildman–Crippen LogP) is 3.46. The number of ether oxygens (including phenoxy) is 1. The van der Waals surface area contributed by atoms with E-state index in [0.717, 1.165) is 10.7 Å². The molecule has 0 aliphatic heterocycles. The van der Waals surface area contributed by atoms with Gasteiger partial charge in [0.15, 0.2) is 0 Å². The summed E-state index contributed by atoms with van der Waals surface area (Å²) in [6.07, 6.45) is 0.755. The van der Waals surface area contributed by atoms with E-state index in [0.29, 0.717) is 29.6 Å². The molecule has 0 bridgehead atoms. The second-order valence-electron chi connectivity index (χ2n) is 5.72. The predicted molar refractivity (Wildman–Crippen MR) is 107 cm³/mol. The number of carbonyl (C=O) groups is 1. The van der Waals surface area contributed by atoms with Gasteiger partial charge in [-0.15, -0.1) is 0 Å². The van der Waals surface area contributed by atoms with Crippen molar-refractivity contribution in [2.75, 3.05) is 24.0 Å². The minimum atomic E-state index is -4.00. The van der Waals surface area contributed by atoms with E-state index in [4.69, 9.17) is 16.3 Å². The number of hydrogen-bond donors (Lipinski definition) is 1. The molecule has 2 aromatic carbocycles. The minimum Gasteiger partial charge on any atom is -0.492 e. The fraction of sp³-hybridized carbons (Fsp3) is 0.316. The number of para-hydroxylation sites is 2. The third-order valence-corrected chi connectivity index (χ3v) is 5.72. The van der Waals surface area contributed by atoms with Crippen LogP contribution in [0, 0.1) is 0 Å². The molecule has 0 aromatic heterocycles. The molecule has 0 atom stereocenters. The molecule has 2 aromatic rings. The highest BCUT2D eigenvalue weighted by atomic mass is 35.5. The summed E-state index contributed by atoms with van der Waals surface area (Å²) in [5, 5.41) is 3.14. The zero-order chi connectivity index (χ0) is 19.9. The first kappa shape index (κ1) is 21.1. The lowest BCUT2D eigenvalue weighted by atomic mass is 10.3. The van der Waals surface area contributed by atoms with Crippen LogP contribution in [-0.4, -0.2) is 34.0 Å². The lowest BCUT2D eigenvalue weighted by Gasteiger charge is -2.26. The number of benzene rings is 2. The molecule has 1 N–H and O–H groups in total. The molecule has 0 spiro atoms. The van der Waals surface area contributed by atoms with Crippen LogP contribution in [0.15, 0.2) is 53.4 Å². The number of halogens is 1. The van der Waals surface area contributed by atoms with E-state index >= 15 is 0 Å². The van der Waals surface area contributed by atoms with Crippen LogP contribution < -0.4 is 14.4 Å². The van der Waals surface area contributed by atoms with Crippen LogP contribution >= 0.6 is 11.6 Å². The number of sulfonamides is 1. The molecular weight excluding hydrogens is 388 g/mol. The Morgan fingerprint density at radius 3 is 2.41 bits per heavy atom. The van der Waals surface area contributed by atoms with Crippen LogP contribution in [0.5, 0.6) is 5.75 Å². The van der Waals surface area contributed by atoms with Crippen molar-refractivity contribution >= 4 is 33.2 Å². The van der Waals surface area contributed by atoms with Crippen LogP contribution in [0.4, 0.5) is 5.69 Å². The van der Waals surface area contributed by atoms with Crippen LogP contribution in [-0.2, 0) is 14.8 Å². The molecule has 0 aliphatic carbocycles. The Hall–Kier alpha value is -2.25. The molecule has 0 radical (unpaired) electrons. The van der Waals surface area contributed by atoms with Crippen molar-refractivity contribution in [1.29, 1.82) is 0 Å². The van der Waals surface area contributed by atoms with Gasteiger partial charge < -0.3 is 10.1 Å². The van der Waals surface area contributed by atoms with Gasteiger partial charge in [-0.05, 0) is 49.7 Å². The fourth-order valence-electron chi connectivity index (χ4n) is 2.42. The second-order valence-corrected chi connectivity index (χ2v) is 8.02. The molecule has 27 heavy (non-hydrogen) atoms. The maximum atomic E-state index is 13.3. The molecule has 0 fully saturated rings. The maximum Gasteiger partial charge on any atom is 0.264 e. The van der Waals surface area contributed by atoms with Crippen molar-refractivity contribution in [2.45, 2.75) is 25.2 Å². The van der Waals surface area contributed by atoms with Crippen molar-refractivity contribution < 1.29 is 17.9 Å². The number of rotatable bonds is 9. The Kier molecular flexibility index (Phi) is 7.50. The molecule has 6 nitrogen and oxygen atoms in total. The Labute approximate surface area is 165 Å². The van der Waals surface area contributed by atoms with Gasteiger partial charge in [-0.3, -0.25) is 9.10 Å². The summed E-state index contributed by atoms with van der Waals surface area (Å²) in [5.41, 5.74) is 0.306. The van der Waals surface area contributed by atoms with E-state index in [1.807, 2.05) is 13.8 Å². The van der Waals surface area contributed by atoms with Crippen LogP contribution in [0.25, 0.3) is 0 Å². The summed E-state index contributed by atoms with van der Waals surface area (Å²) in [4.78, 5) is 12.4. The summed E-state index contributed by atoms with van der Waals surface area (Å²) < 4.78 is 33.1. The molecule has 0 heterocycles. The second kappa shape index (κ2) is 9.62. The average molecular weight is 411 g/mol. The number of amides is 1. The maximum absolute atomic E-state index is 13.3. The van der Waals surface area contributed by atoms with Gasteiger partial charge >= 0.3 is 0 Å². The van der Waals surface area contributed by atoms with E-state index in [9.17, 15) is 13.2 Å². The van der Waals surface area contributed by atoms with Crippen LogP contribution in [0.3, 0.4) is 0 Å². The molecule has 0 unspecified atom stereocenters. The largest absolute Gasteiger partial charge is 0.492 e. The summed E-state index contributed by atoms with van der Waals surface area (Å²) in [7, 11) is -4.00. The first-order valence-corrected chi connectivity index (χ1v) is 10.5. The monoisotopic (exact) mass is 410 g/mol. The standard InChI is InChI=1S/C19H23ClN2O4S/c1-3-13-21-19(23)14-22(17-7-5-6-8-18(17)26-4-2)27(24,25)16-11-9-15(20)10-12-16/h5-12H,3-4,13-14H2,1-2H3,(H,21,23). The molecule has 0 saturated carbocycles. The normalized spacial score (nSPS) is 11.1. The smallest absolute Gasteiger partial charge is 0.264 e. The summed E-state index contributed by atoms with van der Waals surface area (Å²) >= 11 is 5.87. The molecular formula is C19H23ClN2O4S. The Balaban J connectivity index is 2.49. The van der Waals surface area contributed by atoms with E-state index in [-0.39, 0.29) is 17.3 Å². The van der Waals surface area contributed by atoms with Crippen molar-refractivity contribution in [3.63, 3.8) is 0 Å². The van der Waals surface area contributed by atoms with Crippen molar-refractivity contribution in [3.8, 4) is 5.75 Å². The van der Waals surface area contributed by atoms with Gasteiger partial charge in [0, 0.05) is 11.6 Å². The quantitative estimate of drug-likeness (QED) is 0.686. The molecule has 1 amide bonds. The van der Waals surface area contributed by atoms with Crippen LogP contribution in [0.1, 0.15) is 20.3 Å². The number of nitrogens with one attached hydrogen (secondary N) is 1. The highest BCUT2D eigenvalue weighted by Gasteiger charge is 2.29. The third-order valence-electron chi connectivity index (χ3n) is 3.69. The van der Waals surface area contributed by atoms with Gasteiger partial charge in [0.25, 0.3) is 10.0 Å². The van der Waals surface area contributed by atoms with Gasteiger partial charge in [-0.2, -0.15) is 0 Å². The molecule has 0 aliphatic rings. The summed E-state index contributed by atoms with van der Waals surface area (Å²) in [6.45, 7) is 4.22. The highest BCUT2D eigenvalue weighted by Crippen LogP contribution is 2.32. The zero-order valence-electron chi connectivity index (χ0n) is 15.3. The van der Waals surface area contributed by atoms with Crippen molar-refractivity contribution in [1.82, 2.24) is 5.32 Å². The average Bonchev–Trinajstić information content (AvgIpc) is 2.65. The van der Waals surface area contributed by atoms with E-state index in [2.05, 4.69) is 5.32 Å². The van der Waals surface area contributed by atoms with Gasteiger partial charge in [-0.25, -0.2) is 8.42 Å². The van der Waals surface area contributed by atoms with E-state index in [1.54, 1.807) is 24.3 Å². The molecule has 8 heteroatoms. The summed E-state index contributed by atoms with van der Waals surface area (Å²) in [5.74, 6) is 0.00141. The zero-order valence-corrected chi connectivity index (χ0v) is 16.9. The molecule has 146 valence electrons. The summed E-state index contributed by atoms with van der Waals surface area (Å²) in [6, 6.07) is 12.6. The van der Waals surface area contributed by atoms with Gasteiger partial charge in [0.1, 0.15) is 12.3 Å². The number of carbonyl (C=O) groups excluding carboxylic acids is 1. The third kappa shape index (κ3) is 5.37. The highest BCUT2D eigenvalue weighted by molar-refractivity contribution is 7.92.